The van der Waals surface area contributed by atoms with E-state index in [2.05, 4.69) is 41.2 Å². The lowest BCUT2D eigenvalue weighted by Gasteiger charge is -2.81. The van der Waals surface area contributed by atoms with E-state index >= 15 is 0 Å². The summed E-state index contributed by atoms with van der Waals surface area (Å²) >= 11 is 0. The number of aliphatic hydroxyl groups excluding tert-OH is 1. The zero-order valence-corrected chi connectivity index (χ0v) is 22.7. The molecule has 1 heterocycles. The number of carbonyl (C=O) groups excluding carboxylic acids is 1. The van der Waals surface area contributed by atoms with E-state index in [-0.39, 0.29) is 44.6 Å². The molecule has 5 saturated carbocycles. The molecule has 1 amide bonds. The topological polar surface area (TPSA) is 86.8 Å². The molecule has 0 aromatic heterocycles. The van der Waals surface area contributed by atoms with Gasteiger partial charge in [0.2, 0.25) is 5.91 Å². The van der Waals surface area contributed by atoms with E-state index < -0.39 is 0 Å². The monoisotopic (exact) mass is 484 g/mol. The van der Waals surface area contributed by atoms with E-state index in [9.17, 15) is 15.1 Å². The summed E-state index contributed by atoms with van der Waals surface area (Å²) in [6.45, 7) is 16.9. The summed E-state index contributed by atoms with van der Waals surface area (Å²) in [5.41, 5.74) is 6.75. The van der Waals surface area contributed by atoms with Crippen molar-refractivity contribution in [2.45, 2.75) is 110 Å². The maximum atomic E-state index is 13.0. The SMILES string of the molecule is C=C(C)[C@@H]1CC[C@]2(C(N)=O)CC[C@]3(C)C(CC[C@@H]4[C@@]5(C)CC[C@H](O)[C@@]6(C)CN(O)[C@@]56CC[C@]43C)[C@@H]12. The summed E-state index contributed by atoms with van der Waals surface area (Å²) in [4.78, 5) is 13.0. The fourth-order valence-electron chi connectivity index (χ4n) is 12.6. The Balaban J connectivity index is 1.44. The van der Waals surface area contributed by atoms with Gasteiger partial charge in [-0.15, -0.1) is 0 Å². The molecule has 0 bridgehead atoms. The van der Waals surface area contributed by atoms with Crippen molar-refractivity contribution >= 4 is 5.91 Å². The van der Waals surface area contributed by atoms with Crippen molar-refractivity contribution in [3.8, 4) is 0 Å². The fourth-order valence-corrected chi connectivity index (χ4v) is 12.6. The number of rotatable bonds is 2. The first kappa shape index (κ1) is 24.4. The smallest absolute Gasteiger partial charge is 0.223 e. The largest absolute Gasteiger partial charge is 0.392 e. The summed E-state index contributed by atoms with van der Waals surface area (Å²) in [6.07, 6.45) is 9.72. The van der Waals surface area contributed by atoms with E-state index in [0.29, 0.717) is 30.2 Å². The van der Waals surface area contributed by atoms with Gasteiger partial charge in [0, 0.05) is 12.0 Å². The Bertz CT molecular complexity index is 983. The lowest BCUT2D eigenvalue weighted by molar-refractivity contribution is -0.411. The average molecular weight is 485 g/mol. The van der Waals surface area contributed by atoms with Gasteiger partial charge in [-0.05, 0) is 111 Å². The number of hydrogen-bond donors (Lipinski definition) is 3. The molecule has 4 N–H and O–H groups in total. The highest BCUT2D eigenvalue weighted by Gasteiger charge is 2.80. The molecule has 6 rings (SSSR count). The predicted molar refractivity (Wildman–Crippen MR) is 136 cm³/mol. The average Bonchev–Trinajstić information content (AvgIpc) is 3.19. The van der Waals surface area contributed by atoms with E-state index in [1.807, 2.05) is 0 Å². The maximum absolute atomic E-state index is 13.0. The van der Waals surface area contributed by atoms with Crippen LogP contribution in [0.25, 0.3) is 0 Å². The highest BCUT2D eigenvalue weighted by atomic mass is 16.5. The predicted octanol–water partition coefficient (Wildman–Crippen LogP) is 5.30. The molecule has 0 radical (unpaired) electrons. The van der Waals surface area contributed by atoms with Gasteiger partial charge in [-0.2, -0.15) is 5.06 Å². The summed E-state index contributed by atoms with van der Waals surface area (Å²) in [7, 11) is 0. The molecule has 5 nitrogen and oxygen atoms in total. The van der Waals surface area contributed by atoms with Crippen LogP contribution >= 0.6 is 0 Å². The molecule has 35 heavy (non-hydrogen) atoms. The molecule has 11 atom stereocenters. The number of primary amides is 1. The first-order valence-electron chi connectivity index (χ1n) is 14.4. The van der Waals surface area contributed by atoms with Gasteiger partial charge in [0.1, 0.15) is 0 Å². The van der Waals surface area contributed by atoms with Gasteiger partial charge in [0.25, 0.3) is 0 Å². The summed E-state index contributed by atoms with van der Waals surface area (Å²) < 4.78 is 0. The Morgan fingerprint density at radius 2 is 1.57 bits per heavy atom. The van der Waals surface area contributed by atoms with Crippen LogP contribution in [0, 0.1) is 50.7 Å². The molecule has 196 valence electrons. The lowest BCUT2D eigenvalue weighted by atomic mass is 9.29. The molecule has 5 heteroatoms. The number of nitrogens with zero attached hydrogens (tertiary/aromatic N) is 1. The van der Waals surface area contributed by atoms with Crippen LogP contribution in [0.1, 0.15) is 98.8 Å². The van der Waals surface area contributed by atoms with Gasteiger partial charge >= 0.3 is 0 Å². The number of fused-ring (bicyclic) bond motifs is 6. The van der Waals surface area contributed by atoms with Crippen molar-refractivity contribution in [3.05, 3.63) is 12.2 Å². The Morgan fingerprint density at radius 1 is 0.886 bits per heavy atom. The van der Waals surface area contributed by atoms with Gasteiger partial charge in [-0.3, -0.25) is 4.79 Å². The van der Waals surface area contributed by atoms with Crippen LogP contribution in [-0.4, -0.2) is 39.5 Å². The van der Waals surface area contributed by atoms with E-state index in [1.165, 1.54) is 5.57 Å². The minimum atomic E-state index is -0.361. The molecule has 1 aliphatic heterocycles. The summed E-state index contributed by atoms with van der Waals surface area (Å²) in [6, 6.07) is 0. The van der Waals surface area contributed by atoms with Crippen molar-refractivity contribution in [2.75, 3.05) is 6.54 Å². The third kappa shape index (κ3) is 2.37. The van der Waals surface area contributed by atoms with Crippen LogP contribution in [0.4, 0.5) is 0 Å². The molecule has 5 aliphatic carbocycles. The second kappa shape index (κ2) is 6.94. The van der Waals surface area contributed by atoms with E-state index in [1.54, 1.807) is 5.06 Å². The van der Waals surface area contributed by atoms with Crippen molar-refractivity contribution in [2.24, 2.45) is 56.5 Å². The quantitative estimate of drug-likeness (QED) is 0.464. The number of carbonyl (C=O) groups is 1. The zero-order valence-electron chi connectivity index (χ0n) is 22.7. The molecule has 1 unspecified atom stereocenters. The number of hydroxylamine groups is 2. The van der Waals surface area contributed by atoms with Crippen molar-refractivity contribution in [1.29, 1.82) is 0 Å². The second-order valence-electron chi connectivity index (χ2n) is 14.9. The normalized spacial score (nSPS) is 59.2. The Kier molecular flexibility index (Phi) is 4.84. The van der Waals surface area contributed by atoms with Crippen LogP contribution in [-0.2, 0) is 4.79 Å². The van der Waals surface area contributed by atoms with Gasteiger partial charge < -0.3 is 16.0 Å². The van der Waals surface area contributed by atoms with Gasteiger partial charge in [-0.25, -0.2) is 0 Å². The van der Waals surface area contributed by atoms with Gasteiger partial charge in [0.05, 0.1) is 17.1 Å². The Labute approximate surface area is 211 Å². The minimum absolute atomic E-state index is 0.0311. The van der Waals surface area contributed by atoms with Crippen LogP contribution in [0.2, 0.25) is 0 Å². The first-order chi connectivity index (χ1) is 16.3. The fraction of sp³-hybridized carbons (Fsp3) is 0.900. The van der Waals surface area contributed by atoms with Gasteiger partial charge in [-0.1, -0.05) is 39.8 Å². The van der Waals surface area contributed by atoms with Gasteiger partial charge in [0.15, 0.2) is 0 Å². The van der Waals surface area contributed by atoms with Crippen LogP contribution in [0.15, 0.2) is 12.2 Å². The molecule has 0 aromatic rings. The number of hydrogen-bond acceptors (Lipinski definition) is 4. The van der Waals surface area contributed by atoms with E-state index in [4.69, 9.17) is 5.73 Å². The number of amides is 1. The summed E-state index contributed by atoms with van der Waals surface area (Å²) in [5, 5.41) is 24.0. The highest BCUT2D eigenvalue weighted by Crippen LogP contribution is 2.80. The number of aliphatic hydroxyl groups is 1. The molecule has 1 saturated heterocycles. The lowest BCUT2D eigenvalue weighted by Crippen LogP contribution is -2.86. The van der Waals surface area contributed by atoms with Crippen molar-refractivity contribution in [1.82, 2.24) is 5.06 Å². The Morgan fingerprint density at radius 3 is 2.20 bits per heavy atom. The highest BCUT2D eigenvalue weighted by molar-refractivity contribution is 5.82. The zero-order chi connectivity index (χ0) is 25.4. The van der Waals surface area contributed by atoms with Crippen molar-refractivity contribution in [3.63, 3.8) is 0 Å². The molecular weight excluding hydrogens is 436 g/mol. The molecule has 6 fully saturated rings. The molecular formula is C30H48N2O3. The first-order valence-corrected chi connectivity index (χ1v) is 14.4. The second-order valence-corrected chi connectivity index (χ2v) is 14.9. The number of nitrogens with two attached hydrogens (primary N) is 1. The van der Waals surface area contributed by atoms with Crippen LogP contribution < -0.4 is 5.73 Å². The standard InChI is InChI=1S/C30H48N2O3/c1-18(2)19-9-12-29(24(31)34)15-13-25(3)20(23(19)29)7-8-21-26(25,4)14-16-30-27(21,5)11-10-22(33)28(30,6)17-32(30)35/h19-23,33,35H,1,7-17H2,2-6H3,(H2,31,34)/t19-,20?,21-,22-,23+,25+,26+,27+,28+,29-,30-/m0/s1. The van der Waals surface area contributed by atoms with Crippen molar-refractivity contribution < 1.29 is 15.1 Å². The van der Waals surface area contributed by atoms with Crippen LogP contribution in [0.3, 0.4) is 0 Å². The Hall–Kier alpha value is -0.910. The molecule has 0 aromatic carbocycles. The third-order valence-electron chi connectivity index (χ3n) is 14.5. The number of allylic oxidation sites excluding steroid dienone is 1. The molecule has 1 spiro atoms. The molecule has 6 aliphatic rings. The summed E-state index contributed by atoms with van der Waals surface area (Å²) in [5.74, 6) is 1.62. The van der Waals surface area contributed by atoms with E-state index in [0.717, 1.165) is 64.2 Å². The third-order valence-corrected chi connectivity index (χ3v) is 14.5. The van der Waals surface area contributed by atoms with Crippen LogP contribution in [0.5, 0.6) is 0 Å². The minimum Gasteiger partial charge on any atom is -0.392 e. The maximum Gasteiger partial charge on any atom is 0.223 e.